The Morgan fingerprint density at radius 2 is 1.72 bits per heavy atom. The Kier molecular flexibility index (Phi) is 6.64. The zero-order valence-corrected chi connectivity index (χ0v) is 18.7. The van der Waals surface area contributed by atoms with Crippen molar-refractivity contribution in [1.29, 1.82) is 5.26 Å². The summed E-state index contributed by atoms with van der Waals surface area (Å²) < 4.78 is 6.80. The van der Waals surface area contributed by atoms with E-state index in [-0.39, 0.29) is 5.57 Å². The van der Waals surface area contributed by atoms with Crippen molar-refractivity contribution in [2.24, 2.45) is 0 Å². The molecular weight excluding hydrogens is 464 g/mol. The van der Waals surface area contributed by atoms with E-state index in [2.05, 4.69) is 45.5 Å². The van der Waals surface area contributed by atoms with Gasteiger partial charge in [-0.25, -0.2) is 0 Å². The smallest absolute Gasteiger partial charge is 0.266 e. The molecule has 0 heterocycles. The van der Waals surface area contributed by atoms with Crippen molar-refractivity contribution in [1.82, 2.24) is 0 Å². The number of ether oxygens (including phenoxy) is 1. The summed E-state index contributed by atoms with van der Waals surface area (Å²) in [6.07, 6.45) is 1.56. The highest BCUT2D eigenvalue weighted by molar-refractivity contribution is 9.10. The van der Waals surface area contributed by atoms with Gasteiger partial charge in [-0.15, -0.1) is 0 Å². The standard InChI is InChI=1S/C27H19BrN2O2/c28-23-8-4-9-24(16-23)30-27(31)22(17-29)15-19-11-13-25(14-12-19)32-18-21-7-3-6-20-5-1-2-10-26(20)21/h1-16H,18H2,(H,30,31)/b22-15-. The second-order valence-corrected chi connectivity index (χ2v) is 8.05. The van der Waals surface area contributed by atoms with Gasteiger partial charge in [0.1, 0.15) is 24.0 Å². The highest BCUT2D eigenvalue weighted by atomic mass is 79.9. The van der Waals surface area contributed by atoms with E-state index < -0.39 is 5.91 Å². The number of amides is 1. The van der Waals surface area contributed by atoms with Crippen molar-refractivity contribution in [3.63, 3.8) is 0 Å². The summed E-state index contributed by atoms with van der Waals surface area (Å²) in [5, 5.41) is 14.5. The first-order chi connectivity index (χ1) is 15.6. The second kappa shape index (κ2) is 9.95. The fraction of sp³-hybridized carbons (Fsp3) is 0.0370. The molecule has 32 heavy (non-hydrogen) atoms. The third-order valence-electron chi connectivity index (χ3n) is 4.91. The number of anilines is 1. The molecule has 4 aromatic rings. The quantitative estimate of drug-likeness (QED) is 0.244. The minimum Gasteiger partial charge on any atom is -0.489 e. The molecule has 0 aliphatic rings. The summed E-state index contributed by atoms with van der Waals surface area (Å²) in [4.78, 5) is 12.5. The second-order valence-electron chi connectivity index (χ2n) is 7.13. The van der Waals surface area contributed by atoms with Crippen molar-refractivity contribution < 1.29 is 9.53 Å². The molecule has 1 amide bonds. The Bertz CT molecular complexity index is 1330. The first-order valence-electron chi connectivity index (χ1n) is 10.0. The van der Waals surface area contributed by atoms with Crippen LogP contribution in [0, 0.1) is 11.3 Å². The zero-order valence-electron chi connectivity index (χ0n) is 17.1. The number of benzene rings is 4. The topological polar surface area (TPSA) is 62.1 Å². The van der Waals surface area contributed by atoms with E-state index in [1.165, 1.54) is 10.8 Å². The van der Waals surface area contributed by atoms with Crippen LogP contribution in [0.5, 0.6) is 5.75 Å². The third-order valence-corrected chi connectivity index (χ3v) is 5.41. The van der Waals surface area contributed by atoms with Crippen LogP contribution in [-0.2, 0) is 11.4 Å². The van der Waals surface area contributed by atoms with Crippen molar-refractivity contribution in [2.45, 2.75) is 6.61 Å². The van der Waals surface area contributed by atoms with Crippen LogP contribution < -0.4 is 10.1 Å². The number of nitrogens with zero attached hydrogens (tertiary/aromatic N) is 1. The zero-order chi connectivity index (χ0) is 22.3. The van der Waals surface area contributed by atoms with E-state index in [4.69, 9.17) is 4.74 Å². The average Bonchev–Trinajstić information content (AvgIpc) is 2.82. The lowest BCUT2D eigenvalue weighted by atomic mass is 10.1. The molecular formula is C27H19BrN2O2. The van der Waals surface area contributed by atoms with Crippen molar-refractivity contribution in [3.8, 4) is 11.8 Å². The van der Waals surface area contributed by atoms with E-state index in [9.17, 15) is 10.1 Å². The van der Waals surface area contributed by atoms with Crippen LogP contribution in [0.2, 0.25) is 0 Å². The molecule has 0 radical (unpaired) electrons. The van der Waals surface area contributed by atoms with Gasteiger partial charge in [0.15, 0.2) is 0 Å². The Hall–Kier alpha value is -3.88. The molecule has 0 aliphatic carbocycles. The highest BCUT2D eigenvalue weighted by Gasteiger charge is 2.10. The van der Waals surface area contributed by atoms with E-state index in [0.717, 1.165) is 15.6 Å². The summed E-state index contributed by atoms with van der Waals surface area (Å²) in [5.74, 6) is 0.258. The van der Waals surface area contributed by atoms with Gasteiger partial charge in [0.2, 0.25) is 0 Å². The number of nitriles is 1. The Morgan fingerprint density at radius 3 is 2.50 bits per heavy atom. The van der Waals surface area contributed by atoms with Gasteiger partial charge in [0.05, 0.1) is 0 Å². The molecule has 4 nitrogen and oxygen atoms in total. The average molecular weight is 483 g/mol. The van der Waals surface area contributed by atoms with Gasteiger partial charge in [0, 0.05) is 10.2 Å². The monoisotopic (exact) mass is 482 g/mol. The van der Waals surface area contributed by atoms with Crippen LogP contribution in [0.25, 0.3) is 16.8 Å². The largest absolute Gasteiger partial charge is 0.489 e. The summed E-state index contributed by atoms with van der Waals surface area (Å²) in [5.41, 5.74) is 2.49. The third kappa shape index (κ3) is 5.23. The van der Waals surface area contributed by atoms with Crippen molar-refractivity contribution in [3.05, 3.63) is 112 Å². The molecule has 0 aliphatic heterocycles. The molecule has 1 N–H and O–H groups in total. The van der Waals surface area contributed by atoms with Crippen LogP contribution in [0.4, 0.5) is 5.69 Å². The molecule has 4 rings (SSSR count). The van der Waals surface area contributed by atoms with Crippen LogP contribution in [0.3, 0.4) is 0 Å². The van der Waals surface area contributed by atoms with Gasteiger partial charge >= 0.3 is 0 Å². The number of carbonyl (C=O) groups excluding carboxylic acids is 1. The number of hydrogen-bond acceptors (Lipinski definition) is 3. The van der Waals surface area contributed by atoms with Crippen LogP contribution in [0.15, 0.2) is 101 Å². The fourth-order valence-corrected chi connectivity index (χ4v) is 3.72. The van der Waals surface area contributed by atoms with Gasteiger partial charge in [-0.1, -0.05) is 76.6 Å². The van der Waals surface area contributed by atoms with Gasteiger partial charge in [0.25, 0.3) is 5.91 Å². The minimum absolute atomic E-state index is 0.0226. The van der Waals surface area contributed by atoms with Crippen molar-refractivity contribution >= 4 is 44.4 Å². The number of rotatable bonds is 6. The molecule has 0 spiro atoms. The summed E-state index contributed by atoms with van der Waals surface area (Å²) in [6.45, 7) is 0.453. The predicted molar refractivity (Wildman–Crippen MR) is 131 cm³/mol. The first-order valence-corrected chi connectivity index (χ1v) is 10.8. The lowest BCUT2D eigenvalue weighted by Crippen LogP contribution is -2.13. The lowest BCUT2D eigenvalue weighted by Gasteiger charge is -2.09. The molecule has 0 aromatic heterocycles. The molecule has 0 atom stereocenters. The van der Waals surface area contributed by atoms with E-state index in [1.807, 2.05) is 60.7 Å². The fourth-order valence-electron chi connectivity index (χ4n) is 3.32. The predicted octanol–water partition coefficient (Wildman–Crippen LogP) is 6.73. The van der Waals surface area contributed by atoms with Gasteiger partial charge < -0.3 is 10.1 Å². The molecule has 5 heteroatoms. The summed E-state index contributed by atoms with van der Waals surface area (Å²) >= 11 is 3.36. The van der Waals surface area contributed by atoms with Gasteiger partial charge in [-0.05, 0) is 58.3 Å². The maximum atomic E-state index is 12.5. The van der Waals surface area contributed by atoms with E-state index >= 15 is 0 Å². The Labute approximate surface area is 194 Å². The summed E-state index contributed by atoms with van der Waals surface area (Å²) in [6, 6.07) is 30.9. The highest BCUT2D eigenvalue weighted by Crippen LogP contribution is 2.22. The maximum Gasteiger partial charge on any atom is 0.266 e. The van der Waals surface area contributed by atoms with E-state index in [1.54, 1.807) is 18.2 Å². The Morgan fingerprint density at radius 1 is 0.969 bits per heavy atom. The first kappa shape index (κ1) is 21.4. The van der Waals surface area contributed by atoms with Crippen LogP contribution in [-0.4, -0.2) is 5.91 Å². The number of halogens is 1. The van der Waals surface area contributed by atoms with Gasteiger partial charge in [-0.3, -0.25) is 4.79 Å². The lowest BCUT2D eigenvalue weighted by molar-refractivity contribution is -0.112. The van der Waals surface area contributed by atoms with E-state index in [0.29, 0.717) is 18.0 Å². The number of nitrogens with one attached hydrogen (secondary N) is 1. The molecule has 0 fully saturated rings. The van der Waals surface area contributed by atoms with Gasteiger partial charge in [-0.2, -0.15) is 5.26 Å². The molecule has 4 aromatic carbocycles. The molecule has 0 unspecified atom stereocenters. The number of hydrogen-bond donors (Lipinski definition) is 1. The Balaban J connectivity index is 1.43. The molecule has 0 saturated heterocycles. The van der Waals surface area contributed by atoms with Crippen LogP contribution >= 0.6 is 15.9 Å². The van der Waals surface area contributed by atoms with Crippen molar-refractivity contribution in [2.75, 3.05) is 5.32 Å². The minimum atomic E-state index is -0.457. The summed E-state index contributed by atoms with van der Waals surface area (Å²) in [7, 11) is 0. The normalized spacial score (nSPS) is 11.1. The molecule has 0 bridgehead atoms. The molecule has 0 saturated carbocycles. The number of fused-ring (bicyclic) bond motifs is 1. The SMILES string of the molecule is N#C/C(=C/c1ccc(OCc2cccc3ccccc23)cc1)C(=O)Nc1cccc(Br)c1. The number of carbonyl (C=O) groups is 1. The molecule has 156 valence electrons. The van der Waals surface area contributed by atoms with Crippen LogP contribution in [0.1, 0.15) is 11.1 Å². The maximum absolute atomic E-state index is 12.5.